The van der Waals surface area contributed by atoms with E-state index in [0.717, 1.165) is 0 Å². The van der Waals surface area contributed by atoms with E-state index in [2.05, 4.69) is 5.32 Å². The number of aliphatic hydroxyl groups excluding tert-OH is 1. The second-order valence-corrected chi connectivity index (χ2v) is 3.98. The molecule has 1 amide bonds. The van der Waals surface area contributed by atoms with Crippen molar-refractivity contribution in [1.29, 1.82) is 0 Å². The molecule has 0 aliphatic carbocycles. The van der Waals surface area contributed by atoms with E-state index in [4.69, 9.17) is 4.74 Å². The van der Waals surface area contributed by atoms with Crippen LogP contribution in [0.15, 0.2) is 12.2 Å². The van der Waals surface area contributed by atoms with Gasteiger partial charge in [0.05, 0.1) is 12.6 Å². The molecular weight excluding hydrogens is 182 g/mol. The number of hydrogen-bond donors (Lipinski definition) is 2. The molecule has 14 heavy (non-hydrogen) atoms. The fourth-order valence-electron chi connectivity index (χ4n) is 0.792. The van der Waals surface area contributed by atoms with Crippen LogP contribution in [0.5, 0.6) is 0 Å². The number of aliphatic hydroxyl groups is 1. The Morgan fingerprint density at radius 3 is 2.57 bits per heavy atom. The van der Waals surface area contributed by atoms with Gasteiger partial charge in [-0.3, -0.25) is 0 Å². The van der Waals surface area contributed by atoms with Crippen molar-refractivity contribution in [3.8, 4) is 0 Å². The topological polar surface area (TPSA) is 58.6 Å². The molecule has 0 aliphatic heterocycles. The normalized spacial score (nSPS) is 14.1. The standard InChI is InChI=1S/C10H19NO3/c1-5-6-8(12)7-11-9(13)14-10(2,3)4/h5-6,8,12H,7H2,1-4H3,(H,11,13)/b6-5+. The van der Waals surface area contributed by atoms with Gasteiger partial charge in [0.2, 0.25) is 0 Å². The highest BCUT2D eigenvalue weighted by Crippen LogP contribution is 2.06. The Bertz CT molecular complexity index is 206. The Balaban J connectivity index is 3.75. The number of amides is 1. The van der Waals surface area contributed by atoms with Crippen molar-refractivity contribution in [3.63, 3.8) is 0 Å². The summed E-state index contributed by atoms with van der Waals surface area (Å²) in [5, 5.41) is 11.7. The number of alkyl carbamates (subject to hydrolysis) is 1. The Hall–Kier alpha value is -1.03. The molecule has 0 fully saturated rings. The number of carbonyl (C=O) groups excluding carboxylic acids is 1. The second kappa shape index (κ2) is 5.65. The summed E-state index contributed by atoms with van der Waals surface area (Å²) in [6, 6.07) is 0. The molecule has 0 saturated heterocycles. The molecular formula is C10H19NO3. The minimum absolute atomic E-state index is 0.166. The zero-order valence-corrected chi connectivity index (χ0v) is 9.20. The Kier molecular flexibility index (Phi) is 5.23. The van der Waals surface area contributed by atoms with Crippen molar-refractivity contribution in [2.24, 2.45) is 0 Å². The number of ether oxygens (including phenoxy) is 1. The molecule has 1 unspecified atom stereocenters. The van der Waals surface area contributed by atoms with Gasteiger partial charge < -0.3 is 15.2 Å². The highest BCUT2D eigenvalue weighted by Gasteiger charge is 2.15. The number of allylic oxidation sites excluding steroid dienone is 1. The van der Waals surface area contributed by atoms with Crippen LogP contribution in [0.2, 0.25) is 0 Å². The average Bonchev–Trinajstić information content (AvgIpc) is 1.98. The summed E-state index contributed by atoms with van der Waals surface area (Å²) >= 11 is 0. The molecule has 4 nitrogen and oxygen atoms in total. The van der Waals surface area contributed by atoms with Gasteiger partial charge in [-0.15, -0.1) is 0 Å². The van der Waals surface area contributed by atoms with E-state index in [9.17, 15) is 9.90 Å². The number of rotatable bonds is 3. The predicted octanol–water partition coefficient (Wildman–Crippen LogP) is 1.45. The quantitative estimate of drug-likeness (QED) is 0.679. The van der Waals surface area contributed by atoms with E-state index in [0.29, 0.717) is 0 Å². The van der Waals surface area contributed by atoms with E-state index < -0.39 is 17.8 Å². The molecule has 0 aromatic carbocycles. The van der Waals surface area contributed by atoms with Gasteiger partial charge in [-0.1, -0.05) is 12.2 Å². The SMILES string of the molecule is C/C=C/C(O)CNC(=O)OC(C)(C)C. The highest BCUT2D eigenvalue weighted by molar-refractivity contribution is 5.67. The maximum Gasteiger partial charge on any atom is 0.407 e. The van der Waals surface area contributed by atoms with E-state index >= 15 is 0 Å². The van der Waals surface area contributed by atoms with E-state index in [-0.39, 0.29) is 6.54 Å². The summed E-state index contributed by atoms with van der Waals surface area (Å²) in [7, 11) is 0. The van der Waals surface area contributed by atoms with Crippen LogP contribution in [-0.2, 0) is 4.74 Å². The largest absolute Gasteiger partial charge is 0.444 e. The summed E-state index contributed by atoms with van der Waals surface area (Å²) in [5.41, 5.74) is -0.504. The fraction of sp³-hybridized carbons (Fsp3) is 0.700. The van der Waals surface area contributed by atoms with Gasteiger partial charge in [0.15, 0.2) is 0 Å². The van der Waals surface area contributed by atoms with Crippen LogP contribution in [0.1, 0.15) is 27.7 Å². The van der Waals surface area contributed by atoms with Gasteiger partial charge in [-0.25, -0.2) is 4.79 Å². The lowest BCUT2D eigenvalue weighted by Gasteiger charge is -2.20. The third-order valence-electron chi connectivity index (χ3n) is 1.27. The molecule has 0 bridgehead atoms. The van der Waals surface area contributed by atoms with Crippen LogP contribution < -0.4 is 5.32 Å². The summed E-state index contributed by atoms with van der Waals surface area (Å²) < 4.78 is 4.98. The molecule has 0 spiro atoms. The number of nitrogens with one attached hydrogen (secondary N) is 1. The Morgan fingerprint density at radius 1 is 1.57 bits per heavy atom. The van der Waals surface area contributed by atoms with Crippen molar-refractivity contribution < 1.29 is 14.6 Å². The molecule has 82 valence electrons. The van der Waals surface area contributed by atoms with Crippen LogP contribution in [0.3, 0.4) is 0 Å². The first-order chi connectivity index (χ1) is 6.35. The first-order valence-electron chi connectivity index (χ1n) is 4.63. The Labute approximate surface area is 85.0 Å². The first-order valence-corrected chi connectivity index (χ1v) is 4.63. The molecule has 4 heteroatoms. The van der Waals surface area contributed by atoms with Gasteiger partial charge in [-0.2, -0.15) is 0 Å². The van der Waals surface area contributed by atoms with Crippen molar-refractivity contribution in [2.75, 3.05) is 6.54 Å². The van der Waals surface area contributed by atoms with Crippen LogP contribution in [0.4, 0.5) is 4.79 Å². The monoisotopic (exact) mass is 201 g/mol. The van der Waals surface area contributed by atoms with Gasteiger partial charge in [0.25, 0.3) is 0 Å². The zero-order valence-electron chi connectivity index (χ0n) is 9.20. The maximum absolute atomic E-state index is 11.1. The van der Waals surface area contributed by atoms with E-state index in [1.54, 1.807) is 39.8 Å². The first kappa shape index (κ1) is 13.0. The molecule has 2 N–H and O–H groups in total. The lowest BCUT2D eigenvalue weighted by atomic mass is 10.2. The molecule has 0 saturated carbocycles. The zero-order chi connectivity index (χ0) is 11.2. The van der Waals surface area contributed by atoms with E-state index in [1.807, 2.05) is 0 Å². The minimum atomic E-state index is -0.660. The van der Waals surface area contributed by atoms with E-state index in [1.165, 1.54) is 0 Å². The fourth-order valence-corrected chi connectivity index (χ4v) is 0.792. The summed E-state index contributed by atoms with van der Waals surface area (Å²) in [4.78, 5) is 11.1. The Morgan fingerprint density at radius 2 is 2.14 bits per heavy atom. The minimum Gasteiger partial charge on any atom is -0.444 e. The predicted molar refractivity (Wildman–Crippen MR) is 55.1 cm³/mol. The lowest BCUT2D eigenvalue weighted by Crippen LogP contribution is -2.36. The molecule has 0 aromatic rings. The molecule has 1 atom stereocenters. The number of hydrogen-bond acceptors (Lipinski definition) is 3. The van der Waals surface area contributed by atoms with Crippen molar-refractivity contribution >= 4 is 6.09 Å². The third kappa shape index (κ3) is 7.61. The molecule has 0 heterocycles. The van der Waals surface area contributed by atoms with Crippen LogP contribution in [0, 0.1) is 0 Å². The van der Waals surface area contributed by atoms with Gasteiger partial charge in [0, 0.05) is 0 Å². The van der Waals surface area contributed by atoms with Crippen LogP contribution >= 0.6 is 0 Å². The molecule has 0 aliphatic rings. The van der Waals surface area contributed by atoms with Crippen molar-refractivity contribution in [2.45, 2.75) is 39.4 Å². The third-order valence-corrected chi connectivity index (χ3v) is 1.27. The van der Waals surface area contributed by atoms with Gasteiger partial charge >= 0.3 is 6.09 Å². The van der Waals surface area contributed by atoms with Gasteiger partial charge in [-0.05, 0) is 27.7 Å². The van der Waals surface area contributed by atoms with Crippen molar-refractivity contribution in [1.82, 2.24) is 5.32 Å². The molecule has 0 rings (SSSR count). The summed E-state index contributed by atoms with van der Waals surface area (Å²) in [5.74, 6) is 0. The van der Waals surface area contributed by atoms with Gasteiger partial charge in [0.1, 0.15) is 5.60 Å². The highest BCUT2D eigenvalue weighted by atomic mass is 16.6. The van der Waals surface area contributed by atoms with Crippen molar-refractivity contribution in [3.05, 3.63) is 12.2 Å². The van der Waals surface area contributed by atoms with Crippen LogP contribution in [-0.4, -0.2) is 29.4 Å². The second-order valence-electron chi connectivity index (χ2n) is 3.98. The average molecular weight is 201 g/mol. The summed E-state index contributed by atoms with van der Waals surface area (Å²) in [6.45, 7) is 7.33. The lowest BCUT2D eigenvalue weighted by molar-refractivity contribution is 0.0505. The smallest absolute Gasteiger partial charge is 0.407 e. The molecule has 0 aromatic heterocycles. The molecule has 0 radical (unpaired) electrons. The number of carbonyl (C=O) groups is 1. The maximum atomic E-state index is 11.1. The van der Waals surface area contributed by atoms with Crippen LogP contribution in [0.25, 0.3) is 0 Å². The summed E-state index contributed by atoms with van der Waals surface area (Å²) in [6.07, 6.45) is 2.15.